The van der Waals surface area contributed by atoms with Crippen molar-refractivity contribution in [3.8, 4) is 0 Å². The third-order valence-electron chi connectivity index (χ3n) is 2.57. The number of nitrogens with zero attached hydrogens (tertiary/aromatic N) is 2. The summed E-state index contributed by atoms with van der Waals surface area (Å²) >= 11 is 0. The fourth-order valence-electron chi connectivity index (χ4n) is 1.73. The Bertz CT molecular complexity index is 541. The number of halogens is 1. The second-order valence-electron chi connectivity index (χ2n) is 4.08. The van der Waals surface area contributed by atoms with E-state index in [-0.39, 0.29) is 22.9 Å². The van der Waals surface area contributed by atoms with Crippen LogP contribution in [0.25, 0.3) is 0 Å². The maximum Gasteiger partial charge on any atom is 0.176 e. The van der Waals surface area contributed by atoms with Gasteiger partial charge in [-0.1, -0.05) is 25.1 Å². The monoisotopic (exact) mass is 320 g/mol. The molecule has 0 atom stereocenters. The van der Waals surface area contributed by atoms with E-state index in [0.29, 0.717) is 11.3 Å². The van der Waals surface area contributed by atoms with Gasteiger partial charge < -0.3 is 5.11 Å². The summed E-state index contributed by atoms with van der Waals surface area (Å²) in [5.74, 6) is -0.202. The number of para-hydroxylation sites is 1. The van der Waals surface area contributed by atoms with Crippen molar-refractivity contribution in [2.75, 3.05) is 0 Å². The number of pyridine rings is 1. The van der Waals surface area contributed by atoms with E-state index >= 15 is 0 Å². The fourth-order valence-corrected chi connectivity index (χ4v) is 1.73. The van der Waals surface area contributed by atoms with Crippen molar-refractivity contribution in [1.29, 1.82) is 0 Å². The van der Waals surface area contributed by atoms with Crippen molar-refractivity contribution in [2.24, 2.45) is 4.99 Å². The molecule has 0 bridgehead atoms. The van der Waals surface area contributed by atoms with Crippen LogP contribution in [0.3, 0.4) is 0 Å². The second kappa shape index (κ2) is 7.69. The average Bonchev–Trinajstić information content (AvgIpc) is 2.40. The van der Waals surface area contributed by atoms with Crippen LogP contribution in [0.2, 0.25) is 0 Å². The van der Waals surface area contributed by atoms with Gasteiger partial charge in [0.25, 0.3) is 0 Å². The standard InChI is InChI=1S/C15H16N2O.BrH/c1-2-10-17-11-6-7-13(12-17)15(18)16-14-8-4-3-5-9-14;/h3-9,11-12H,2,10H2,1H3;1H. The molecule has 0 aliphatic heterocycles. The summed E-state index contributed by atoms with van der Waals surface area (Å²) in [4.78, 5) is 4.08. The van der Waals surface area contributed by atoms with Crippen LogP contribution in [0.5, 0.6) is 0 Å². The van der Waals surface area contributed by atoms with Crippen LogP contribution in [0, 0.1) is 0 Å². The number of aromatic nitrogens is 1. The lowest BCUT2D eigenvalue weighted by Crippen LogP contribution is -2.34. The average molecular weight is 321 g/mol. The summed E-state index contributed by atoms with van der Waals surface area (Å²) in [7, 11) is 0. The first-order valence-corrected chi connectivity index (χ1v) is 6.10. The summed E-state index contributed by atoms with van der Waals surface area (Å²) in [6.07, 6.45) is 4.85. The quantitative estimate of drug-likeness (QED) is 0.484. The molecule has 0 saturated carbocycles. The highest BCUT2D eigenvalue weighted by Gasteiger charge is 2.01. The van der Waals surface area contributed by atoms with Crippen LogP contribution in [-0.2, 0) is 6.54 Å². The molecule has 2 rings (SSSR count). The summed E-state index contributed by atoms with van der Waals surface area (Å²) in [6, 6.07) is 13.0. The first-order valence-electron chi connectivity index (χ1n) is 6.10. The minimum atomic E-state index is -0.202. The summed E-state index contributed by atoms with van der Waals surface area (Å²) in [5.41, 5.74) is 1.31. The molecule has 0 N–H and O–H groups in total. The lowest BCUT2D eigenvalue weighted by molar-refractivity contribution is -0.697. The zero-order valence-corrected chi connectivity index (χ0v) is 12.5. The SMILES string of the molecule is Br.CCC[n+]1cccc(C([O-])=Nc2ccccc2)c1. The van der Waals surface area contributed by atoms with E-state index in [9.17, 15) is 5.11 Å². The van der Waals surface area contributed by atoms with Crippen molar-refractivity contribution in [1.82, 2.24) is 0 Å². The highest BCUT2D eigenvalue weighted by atomic mass is 79.9. The van der Waals surface area contributed by atoms with Crippen LogP contribution in [0.4, 0.5) is 5.69 Å². The third-order valence-corrected chi connectivity index (χ3v) is 2.57. The molecule has 0 radical (unpaired) electrons. The Hall–Kier alpha value is -1.68. The smallest absolute Gasteiger partial charge is 0.176 e. The Kier molecular flexibility index (Phi) is 6.22. The van der Waals surface area contributed by atoms with E-state index < -0.39 is 0 Å². The molecule has 19 heavy (non-hydrogen) atoms. The maximum absolute atomic E-state index is 12.0. The zero-order chi connectivity index (χ0) is 12.8. The molecule has 1 aromatic carbocycles. The lowest BCUT2D eigenvalue weighted by Gasteiger charge is -2.09. The van der Waals surface area contributed by atoms with Crippen LogP contribution in [0.1, 0.15) is 18.9 Å². The van der Waals surface area contributed by atoms with Gasteiger partial charge in [-0.05, 0) is 18.2 Å². The molecule has 0 aliphatic rings. The Labute approximate surface area is 124 Å². The van der Waals surface area contributed by atoms with Crippen LogP contribution in [0.15, 0.2) is 59.9 Å². The topological polar surface area (TPSA) is 39.3 Å². The highest BCUT2D eigenvalue weighted by molar-refractivity contribution is 8.93. The van der Waals surface area contributed by atoms with Crippen LogP contribution in [-0.4, -0.2) is 5.90 Å². The van der Waals surface area contributed by atoms with E-state index in [0.717, 1.165) is 13.0 Å². The van der Waals surface area contributed by atoms with E-state index in [1.54, 1.807) is 6.07 Å². The van der Waals surface area contributed by atoms with Gasteiger partial charge in [0.2, 0.25) is 0 Å². The normalized spacial score (nSPS) is 10.9. The minimum Gasteiger partial charge on any atom is -0.858 e. The molecular formula is C15H17BrN2O. The Morgan fingerprint density at radius 1 is 1.16 bits per heavy atom. The summed E-state index contributed by atoms with van der Waals surface area (Å²) < 4.78 is 2.01. The molecule has 0 fully saturated rings. The zero-order valence-electron chi connectivity index (χ0n) is 10.8. The fraction of sp³-hybridized carbons (Fsp3) is 0.200. The molecule has 1 heterocycles. The van der Waals surface area contributed by atoms with E-state index in [1.807, 2.05) is 53.4 Å². The molecule has 4 heteroatoms. The Morgan fingerprint density at radius 3 is 2.58 bits per heavy atom. The van der Waals surface area contributed by atoms with Crippen LogP contribution >= 0.6 is 17.0 Å². The first-order chi connectivity index (χ1) is 8.79. The van der Waals surface area contributed by atoms with Crippen molar-refractivity contribution in [3.05, 3.63) is 60.4 Å². The molecular weight excluding hydrogens is 304 g/mol. The van der Waals surface area contributed by atoms with Gasteiger partial charge in [-0.25, -0.2) is 4.57 Å². The lowest BCUT2D eigenvalue weighted by atomic mass is 10.2. The first kappa shape index (κ1) is 15.4. The van der Waals surface area contributed by atoms with Gasteiger partial charge in [-0.15, -0.1) is 17.0 Å². The van der Waals surface area contributed by atoms with Gasteiger partial charge in [0.15, 0.2) is 12.4 Å². The van der Waals surface area contributed by atoms with Crippen molar-refractivity contribution in [3.63, 3.8) is 0 Å². The molecule has 1 aromatic heterocycles. The van der Waals surface area contributed by atoms with Gasteiger partial charge in [-0.2, -0.15) is 0 Å². The Morgan fingerprint density at radius 2 is 1.89 bits per heavy atom. The molecule has 2 aromatic rings. The number of rotatable bonds is 4. The van der Waals surface area contributed by atoms with E-state index in [2.05, 4.69) is 11.9 Å². The molecule has 0 unspecified atom stereocenters. The minimum absolute atomic E-state index is 0. The molecule has 3 nitrogen and oxygen atoms in total. The molecule has 100 valence electrons. The predicted molar refractivity (Wildman–Crippen MR) is 79.9 cm³/mol. The number of aliphatic imine (C=N–C) groups is 1. The Balaban J connectivity index is 0.00000180. The molecule has 0 saturated heterocycles. The van der Waals surface area contributed by atoms with E-state index in [4.69, 9.17) is 0 Å². The number of hydrogen-bond donors (Lipinski definition) is 0. The van der Waals surface area contributed by atoms with Gasteiger partial charge in [0, 0.05) is 23.9 Å². The third kappa shape index (κ3) is 4.48. The van der Waals surface area contributed by atoms with Crippen molar-refractivity contribution in [2.45, 2.75) is 19.9 Å². The van der Waals surface area contributed by atoms with Gasteiger partial charge >= 0.3 is 0 Å². The summed E-state index contributed by atoms with van der Waals surface area (Å²) in [6.45, 7) is 3.02. The highest BCUT2D eigenvalue weighted by Crippen LogP contribution is 2.10. The van der Waals surface area contributed by atoms with Gasteiger partial charge in [0.05, 0.1) is 5.69 Å². The van der Waals surface area contributed by atoms with Crippen molar-refractivity contribution >= 4 is 28.6 Å². The maximum atomic E-state index is 12.0. The van der Waals surface area contributed by atoms with E-state index in [1.165, 1.54) is 0 Å². The number of aryl methyl sites for hydroxylation is 1. The van der Waals surface area contributed by atoms with Crippen LogP contribution < -0.4 is 9.67 Å². The van der Waals surface area contributed by atoms with Gasteiger partial charge in [0.1, 0.15) is 6.54 Å². The number of benzene rings is 1. The van der Waals surface area contributed by atoms with Crippen molar-refractivity contribution < 1.29 is 9.67 Å². The number of hydrogen-bond acceptors (Lipinski definition) is 2. The molecule has 0 spiro atoms. The molecule has 0 aliphatic carbocycles. The molecule has 0 amide bonds. The largest absolute Gasteiger partial charge is 0.858 e. The predicted octanol–water partition coefficient (Wildman–Crippen LogP) is 2.40. The summed E-state index contributed by atoms with van der Waals surface area (Å²) in [5, 5.41) is 12.0. The van der Waals surface area contributed by atoms with Gasteiger partial charge in [-0.3, -0.25) is 4.99 Å². The second-order valence-corrected chi connectivity index (χ2v) is 4.08.